The fraction of sp³-hybridized carbons (Fsp3) is 0.464. The third-order valence-corrected chi connectivity index (χ3v) is 7.94. The summed E-state index contributed by atoms with van der Waals surface area (Å²) < 4.78 is 96.6. The molecule has 212 valence electrons. The third-order valence-electron chi connectivity index (χ3n) is 6.82. The number of halogens is 6. The number of hydrogen-bond acceptors (Lipinski definition) is 4. The second-order valence-corrected chi connectivity index (χ2v) is 10.8. The van der Waals surface area contributed by atoms with E-state index >= 15 is 0 Å². The molecule has 1 aliphatic heterocycles. The van der Waals surface area contributed by atoms with Crippen molar-refractivity contribution in [1.82, 2.24) is 4.90 Å². The zero-order valence-electron chi connectivity index (χ0n) is 21.3. The standard InChI is InChI=1S/C28H29F6NO3S/c1-18-6-10-20(11-7-18)38-21-4-2-3-5-22(21)39-23-12-8-19(9-13-24(36)35-14-16-37-17-15-35)25(27(29,30)31)26(23)28(32,33)34/h2-5,8-9,12-13,18,20H,6-7,10-11,14-17H2,1H3/b13-9+. The minimum atomic E-state index is -5.32. The van der Waals surface area contributed by atoms with E-state index in [0.29, 0.717) is 28.3 Å². The van der Waals surface area contributed by atoms with Gasteiger partial charge in [-0.05, 0) is 61.4 Å². The molecule has 2 aromatic rings. The Kier molecular flexibility index (Phi) is 9.21. The molecular weight excluding hydrogens is 544 g/mol. The van der Waals surface area contributed by atoms with Crippen LogP contribution < -0.4 is 4.74 Å². The number of morpholine rings is 1. The predicted molar refractivity (Wildman–Crippen MR) is 135 cm³/mol. The molecule has 11 heteroatoms. The number of nitrogens with zero attached hydrogens (tertiary/aromatic N) is 1. The van der Waals surface area contributed by atoms with E-state index < -0.39 is 39.8 Å². The van der Waals surface area contributed by atoms with Crippen LogP contribution in [0.1, 0.15) is 49.3 Å². The first-order chi connectivity index (χ1) is 18.4. The van der Waals surface area contributed by atoms with E-state index in [1.54, 1.807) is 18.2 Å². The second-order valence-electron chi connectivity index (χ2n) is 9.72. The highest BCUT2D eigenvalue weighted by Gasteiger charge is 2.46. The van der Waals surface area contributed by atoms with Crippen molar-refractivity contribution in [2.45, 2.75) is 60.9 Å². The highest BCUT2D eigenvalue weighted by atomic mass is 32.2. The van der Waals surface area contributed by atoms with E-state index in [4.69, 9.17) is 9.47 Å². The molecule has 2 aromatic carbocycles. The quantitative estimate of drug-likeness (QED) is 0.262. The number of rotatable bonds is 6. The number of para-hydroxylation sites is 1. The molecule has 0 bridgehead atoms. The number of ether oxygens (including phenoxy) is 2. The lowest BCUT2D eigenvalue weighted by atomic mass is 9.89. The molecule has 1 amide bonds. The molecule has 39 heavy (non-hydrogen) atoms. The maximum atomic E-state index is 14.3. The van der Waals surface area contributed by atoms with E-state index in [-0.39, 0.29) is 32.4 Å². The summed E-state index contributed by atoms with van der Waals surface area (Å²) in [5, 5.41) is 0. The summed E-state index contributed by atoms with van der Waals surface area (Å²) in [5.74, 6) is 0.312. The van der Waals surface area contributed by atoms with Crippen molar-refractivity contribution in [2.24, 2.45) is 5.92 Å². The van der Waals surface area contributed by atoms with Crippen LogP contribution in [0.2, 0.25) is 0 Å². The van der Waals surface area contributed by atoms with Gasteiger partial charge in [0, 0.05) is 24.1 Å². The summed E-state index contributed by atoms with van der Waals surface area (Å²) in [5.41, 5.74) is -4.35. The Morgan fingerprint density at radius 1 is 0.923 bits per heavy atom. The molecule has 0 radical (unpaired) electrons. The van der Waals surface area contributed by atoms with Crippen LogP contribution in [0.25, 0.3) is 6.08 Å². The van der Waals surface area contributed by atoms with Crippen LogP contribution in [0.15, 0.2) is 52.3 Å². The lowest BCUT2D eigenvalue weighted by Crippen LogP contribution is -2.39. The van der Waals surface area contributed by atoms with Crippen LogP contribution in [0, 0.1) is 5.92 Å². The Morgan fingerprint density at radius 3 is 2.21 bits per heavy atom. The minimum absolute atomic E-state index is 0.104. The molecule has 1 aliphatic carbocycles. The highest BCUT2D eigenvalue weighted by Crippen LogP contribution is 2.49. The average Bonchev–Trinajstić information content (AvgIpc) is 2.89. The van der Waals surface area contributed by atoms with E-state index in [2.05, 4.69) is 6.92 Å². The topological polar surface area (TPSA) is 38.8 Å². The van der Waals surface area contributed by atoms with Gasteiger partial charge in [-0.3, -0.25) is 4.79 Å². The van der Waals surface area contributed by atoms with Crippen LogP contribution in [0.5, 0.6) is 5.75 Å². The Morgan fingerprint density at radius 2 is 1.56 bits per heavy atom. The van der Waals surface area contributed by atoms with Crippen molar-refractivity contribution >= 4 is 23.7 Å². The van der Waals surface area contributed by atoms with Gasteiger partial charge in [-0.2, -0.15) is 26.3 Å². The molecule has 4 nitrogen and oxygen atoms in total. The van der Waals surface area contributed by atoms with Crippen molar-refractivity contribution < 1.29 is 40.6 Å². The zero-order valence-corrected chi connectivity index (χ0v) is 22.1. The zero-order chi connectivity index (χ0) is 28.2. The van der Waals surface area contributed by atoms with Crippen LogP contribution >= 0.6 is 11.8 Å². The number of benzene rings is 2. The minimum Gasteiger partial charge on any atom is -0.489 e. The monoisotopic (exact) mass is 573 g/mol. The molecule has 2 aliphatic rings. The molecule has 1 saturated carbocycles. The van der Waals surface area contributed by atoms with E-state index in [1.165, 1.54) is 11.0 Å². The number of hydrogen-bond donors (Lipinski definition) is 0. The van der Waals surface area contributed by atoms with Gasteiger partial charge in [0.15, 0.2) is 0 Å². The van der Waals surface area contributed by atoms with Gasteiger partial charge in [-0.15, -0.1) is 0 Å². The number of carbonyl (C=O) groups is 1. The summed E-state index contributed by atoms with van der Waals surface area (Å²) in [4.78, 5) is 13.5. The highest BCUT2D eigenvalue weighted by molar-refractivity contribution is 7.99. The smallest absolute Gasteiger partial charge is 0.418 e. The molecule has 0 aromatic heterocycles. The maximum Gasteiger partial charge on any atom is 0.418 e. The Balaban J connectivity index is 1.69. The van der Waals surface area contributed by atoms with Crippen molar-refractivity contribution in [2.75, 3.05) is 26.3 Å². The summed E-state index contributed by atoms with van der Waals surface area (Å²) in [6.45, 7) is 3.21. The molecule has 0 atom stereocenters. The molecule has 0 spiro atoms. The first kappa shape index (κ1) is 29.3. The normalized spacial score (nSPS) is 20.8. The van der Waals surface area contributed by atoms with Gasteiger partial charge in [0.05, 0.1) is 35.3 Å². The van der Waals surface area contributed by atoms with Crippen molar-refractivity contribution in [3.63, 3.8) is 0 Å². The molecule has 2 fully saturated rings. The first-order valence-electron chi connectivity index (χ1n) is 12.7. The van der Waals surface area contributed by atoms with Crippen LogP contribution in [-0.4, -0.2) is 43.2 Å². The van der Waals surface area contributed by atoms with Gasteiger partial charge in [-0.1, -0.05) is 36.9 Å². The Bertz CT molecular complexity index is 1180. The lowest BCUT2D eigenvalue weighted by Gasteiger charge is -2.28. The van der Waals surface area contributed by atoms with E-state index in [0.717, 1.165) is 50.0 Å². The van der Waals surface area contributed by atoms with Gasteiger partial charge in [0.2, 0.25) is 5.91 Å². The van der Waals surface area contributed by atoms with E-state index in [1.807, 2.05) is 0 Å². The predicted octanol–water partition coefficient (Wildman–Crippen LogP) is 7.70. The van der Waals surface area contributed by atoms with Crippen LogP contribution in [0.3, 0.4) is 0 Å². The van der Waals surface area contributed by atoms with Gasteiger partial charge in [-0.25, -0.2) is 0 Å². The average molecular weight is 574 g/mol. The first-order valence-corrected chi connectivity index (χ1v) is 13.5. The summed E-state index contributed by atoms with van der Waals surface area (Å²) >= 11 is 0.585. The fourth-order valence-corrected chi connectivity index (χ4v) is 5.79. The number of carbonyl (C=O) groups excluding carboxylic acids is 1. The van der Waals surface area contributed by atoms with Crippen molar-refractivity contribution in [3.8, 4) is 5.75 Å². The molecular formula is C28H29F6NO3S. The van der Waals surface area contributed by atoms with E-state index in [9.17, 15) is 31.1 Å². The largest absolute Gasteiger partial charge is 0.489 e. The van der Waals surface area contributed by atoms with Crippen molar-refractivity contribution in [3.05, 3.63) is 59.2 Å². The fourth-order valence-electron chi connectivity index (χ4n) is 4.74. The molecule has 0 N–H and O–H groups in total. The maximum absolute atomic E-state index is 14.3. The Labute approximate surface area is 227 Å². The SMILES string of the molecule is CC1CCC(Oc2ccccc2Sc2ccc(/C=C/C(=O)N3CCOCC3)c(C(F)(F)F)c2C(F)(F)F)CC1. The summed E-state index contributed by atoms with van der Waals surface area (Å²) in [6.07, 6.45) is -5.52. The third kappa shape index (κ3) is 7.51. The van der Waals surface area contributed by atoms with Gasteiger partial charge >= 0.3 is 12.4 Å². The van der Waals surface area contributed by atoms with Crippen molar-refractivity contribution in [1.29, 1.82) is 0 Å². The number of alkyl halides is 6. The van der Waals surface area contributed by atoms with Gasteiger partial charge < -0.3 is 14.4 Å². The number of amides is 1. The van der Waals surface area contributed by atoms with Gasteiger partial charge in [0.1, 0.15) is 5.75 Å². The molecule has 0 unspecified atom stereocenters. The van der Waals surface area contributed by atoms with Crippen LogP contribution in [0.4, 0.5) is 26.3 Å². The summed E-state index contributed by atoms with van der Waals surface area (Å²) in [7, 11) is 0. The van der Waals surface area contributed by atoms with Gasteiger partial charge in [0.25, 0.3) is 0 Å². The molecule has 1 heterocycles. The summed E-state index contributed by atoms with van der Waals surface area (Å²) in [6, 6.07) is 8.41. The molecule has 4 rings (SSSR count). The molecule has 1 saturated heterocycles. The Hall–Kier alpha value is -2.66. The second kappa shape index (κ2) is 12.2. The van der Waals surface area contributed by atoms with Crippen LogP contribution in [-0.2, 0) is 21.9 Å². The lowest BCUT2D eigenvalue weighted by molar-refractivity contribution is -0.163.